The highest BCUT2D eigenvalue weighted by molar-refractivity contribution is 5.80. The van der Waals surface area contributed by atoms with E-state index in [0.717, 1.165) is 73.9 Å². The molecule has 2 heterocycles. The van der Waals surface area contributed by atoms with E-state index in [9.17, 15) is 0 Å². The number of benzene rings is 4. The average Bonchev–Trinajstić information content (AvgIpc) is 3.23. The van der Waals surface area contributed by atoms with Crippen LogP contribution in [0.2, 0.25) is 0 Å². The number of anilines is 2. The summed E-state index contributed by atoms with van der Waals surface area (Å²) in [5, 5.41) is 7.64. The summed E-state index contributed by atoms with van der Waals surface area (Å²) in [6.45, 7) is 8.87. The van der Waals surface area contributed by atoms with Crippen LogP contribution in [0.4, 0.5) is 11.4 Å². The van der Waals surface area contributed by atoms with Crippen molar-refractivity contribution >= 4 is 11.4 Å². The van der Waals surface area contributed by atoms with E-state index >= 15 is 0 Å². The molecule has 0 aliphatic carbocycles. The van der Waals surface area contributed by atoms with Gasteiger partial charge in [0.1, 0.15) is 0 Å². The number of nitrogens with zero attached hydrogens (tertiary/aromatic N) is 2. The predicted octanol–water partition coefficient (Wildman–Crippen LogP) is 8.90. The minimum Gasteiger partial charge on any atom is -0.493 e. The van der Waals surface area contributed by atoms with E-state index in [-0.39, 0.29) is 0 Å². The third-order valence-electron chi connectivity index (χ3n) is 11.6. The minimum atomic E-state index is 0.758. The van der Waals surface area contributed by atoms with Crippen LogP contribution in [0.3, 0.4) is 0 Å². The summed E-state index contributed by atoms with van der Waals surface area (Å²) in [7, 11) is 6.78. The van der Waals surface area contributed by atoms with Crippen LogP contribution in [-0.2, 0) is 12.8 Å². The molecule has 0 unspecified atom stereocenters. The highest BCUT2D eigenvalue weighted by atomic mass is 16.5. The van der Waals surface area contributed by atoms with Crippen molar-refractivity contribution in [3.63, 3.8) is 0 Å². The van der Waals surface area contributed by atoms with Crippen LogP contribution in [-0.4, -0.2) is 90.6 Å². The standard InChI is InChI=1S/C46H62N4O4/c1-51-43-14-10-37(32-45(43)53-3)22-30-49-26-18-35(19-27-49)16-24-47-40-12-13-41(39-8-6-5-7-9-39)42(34-40)48-25-17-36-20-28-50(29-21-36)31-23-38-11-15-44(52-2)46(33-38)54-4/h5-15,32-36,47-48H,16-31H2,1-4H3. The lowest BCUT2D eigenvalue weighted by Gasteiger charge is -2.32. The molecule has 4 aromatic rings. The summed E-state index contributed by atoms with van der Waals surface area (Å²) in [6.07, 6.45) is 9.52. The van der Waals surface area contributed by atoms with Crippen molar-refractivity contribution in [2.75, 3.05) is 91.4 Å². The first kappa shape index (κ1) is 39.3. The first-order valence-corrected chi connectivity index (χ1v) is 20.1. The Bertz CT molecular complexity index is 1720. The van der Waals surface area contributed by atoms with Crippen molar-refractivity contribution in [2.24, 2.45) is 11.8 Å². The molecule has 2 fully saturated rings. The zero-order valence-electron chi connectivity index (χ0n) is 33.1. The fraction of sp³-hybridized carbons (Fsp3) is 0.478. The van der Waals surface area contributed by atoms with Gasteiger partial charge in [-0.05, 0) is 142 Å². The van der Waals surface area contributed by atoms with Crippen LogP contribution in [0, 0.1) is 11.8 Å². The van der Waals surface area contributed by atoms with Crippen molar-refractivity contribution < 1.29 is 18.9 Å². The Balaban J connectivity index is 0.927. The number of ether oxygens (including phenoxy) is 4. The van der Waals surface area contributed by atoms with Crippen LogP contribution < -0.4 is 29.6 Å². The molecule has 0 radical (unpaired) electrons. The second-order valence-corrected chi connectivity index (χ2v) is 15.0. The van der Waals surface area contributed by atoms with Crippen molar-refractivity contribution in [2.45, 2.75) is 51.4 Å². The van der Waals surface area contributed by atoms with Gasteiger partial charge in [0.05, 0.1) is 28.4 Å². The predicted molar refractivity (Wildman–Crippen MR) is 223 cm³/mol. The molecule has 0 atom stereocenters. The third kappa shape index (κ3) is 11.1. The quantitative estimate of drug-likeness (QED) is 0.0991. The Morgan fingerprint density at radius 3 is 1.54 bits per heavy atom. The SMILES string of the molecule is COc1ccc(CCN2CCC(CCNc3ccc(-c4ccccc4)c(NCCC4CCN(CCc5ccc(OC)c(OC)c5)CC4)c3)CC2)cc1OC. The molecular formula is C46H62N4O4. The van der Waals surface area contributed by atoms with E-state index in [1.807, 2.05) is 12.1 Å². The number of likely N-dealkylation sites (tertiary alicyclic amines) is 2. The Morgan fingerprint density at radius 2 is 1.04 bits per heavy atom. The molecule has 6 rings (SSSR count). The lowest BCUT2D eigenvalue weighted by Crippen LogP contribution is -2.35. The van der Waals surface area contributed by atoms with E-state index in [1.165, 1.54) is 98.3 Å². The van der Waals surface area contributed by atoms with Gasteiger partial charge in [0.25, 0.3) is 0 Å². The van der Waals surface area contributed by atoms with E-state index in [1.54, 1.807) is 28.4 Å². The fourth-order valence-electron chi connectivity index (χ4n) is 8.15. The van der Waals surface area contributed by atoms with Crippen LogP contribution >= 0.6 is 0 Å². The minimum absolute atomic E-state index is 0.758. The Morgan fingerprint density at radius 1 is 0.537 bits per heavy atom. The van der Waals surface area contributed by atoms with Crippen LogP contribution in [0.15, 0.2) is 84.9 Å². The first-order valence-electron chi connectivity index (χ1n) is 20.1. The Labute approximate surface area is 324 Å². The molecule has 0 aromatic heterocycles. The third-order valence-corrected chi connectivity index (χ3v) is 11.6. The Hall–Kier alpha value is -4.40. The number of methoxy groups -OCH3 is 4. The van der Waals surface area contributed by atoms with Crippen molar-refractivity contribution in [3.8, 4) is 34.1 Å². The monoisotopic (exact) mass is 734 g/mol. The van der Waals surface area contributed by atoms with Gasteiger partial charge in [0, 0.05) is 43.1 Å². The average molecular weight is 735 g/mol. The summed E-state index contributed by atoms with van der Waals surface area (Å²) in [5.74, 6) is 4.73. The summed E-state index contributed by atoms with van der Waals surface area (Å²) in [5.41, 5.74) is 7.54. The molecule has 54 heavy (non-hydrogen) atoms. The molecule has 8 nitrogen and oxygen atoms in total. The van der Waals surface area contributed by atoms with Gasteiger partial charge >= 0.3 is 0 Å². The highest BCUT2D eigenvalue weighted by Gasteiger charge is 2.21. The van der Waals surface area contributed by atoms with E-state index < -0.39 is 0 Å². The largest absolute Gasteiger partial charge is 0.493 e. The van der Waals surface area contributed by atoms with Gasteiger partial charge < -0.3 is 39.4 Å². The van der Waals surface area contributed by atoms with Gasteiger partial charge in [-0.3, -0.25) is 0 Å². The molecule has 0 spiro atoms. The fourth-order valence-corrected chi connectivity index (χ4v) is 8.15. The van der Waals surface area contributed by atoms with E-state index in [0.29, 0.717) is 0 Å². The number of rotatable bonds is 19. The van der Waals surface area contributed by atoms with E-state index in [2.05, 4.69) is 93.2 Å². The lowest BCUT2D eigenvalue weighted by atomic mass is 9.93. The zero-order chi connectivity index (χ0) is 37.5. The Kier molecular flexibility index (Phi) is 14.8. The second kappa shape index (κ2) is 20.3. The van der Waals surface area contributed by atoms with E-state index in [4.69, 9.17) is 18.9 Å². The normalized spacial score (nSPS) is 15.9. The molecule has 4 aromatic carbocycles. The van der Waals surface area contributed by atoms with Crippen LogP contribution in [0.25, 0.3) is 11.1 Å². The second-order valence-electron chi connectivity index (χ2n) is 15.0. The number of nitrogens with one attached hydrogen (secondary N) is 2. The molecule has 0 saturated carbocycles. The number of hydrogen-bond acceptors (Lipinski definition) is 8. The summed E-state index contributed by atoms with van der Waals surface area (Å²) < 4.78 is 21.8. The van der Waals surface area contributed by atoms with Gasteiger partial charge in [0.2, 0.25) is 0 Å². The molecule has 8 heteroatoms. The molecule has 2 aliphatic heterocycles. The number of hydrogen-bond donors (Lipinski definition) is 2. The molecule has 2 N–H and O–H groups in total. The zero-order valence-corrected chi connectivity index (χ0v) is 33.1. The van der Waals surface area contributed by atoms with Crippen molar-refractivity contribution in [3.05, 3.63) is 96.1 Å². The molecule has 0 bridgehead atoms. The number of piperidine rings is 2. The van der Waals surface area contributed by atoms with Crippen molar-refractivity contribution in [1.82, 2.24) is 9.80 Å². The van der Waals surface area contributed by atoms with Gasteiger partial charge in [-0.1, -0.05) is 48.5 Å². The molecular weight excluding hydrogens is 673 g/mol. The van der Waals surface area contributed by atoms with Gasteiger partial charge in [-0.25, -0.2) is 0 Å². The topological polar surface area (TPSA) is 67.5 Å². The van der Waals surface area contributed by atoms with Crippen LogP contribution in [0.1, 0.15) is 49.7 Å². The molecule has 0 amide bonds. The summed E-state index contributed by atoms with van der Waals surface area (Å²) >= 11 is 0. The maximum Gasteiger partial charge on any atom is 0.160 e. The summed E-state index contributed by atoms with van der Waals surface area (Å²) in [6, 6.07) is 30.2. The molecule has 290 valence electrons. The van der Waals surface area contributed by atoms with Gasteiger partial charge in [-0.2, -0.15) is 0 Å². The van der Waals surface area contributed by atoms with Gasteiger partial charge in [-0.15, -0.1) is 0 Å². The molecule has 2 aliphatic rings. The lowest BCUT2D eigenvalue weighted by molar-refractivity contribution is 0.183. The smallest absolute Gasteiger partial charge is 0.160 e. The molecule has 2 saturated heterocycles. The maximum atomic E-state index is 5.51. The summed E-state index contributed by atoms with van der Waals surface area (Å²) in [4.78, 5) is 5.24. The van der Waals surface area contributed by atoms with Gasteiger partial charge in [0.15, 0.2) is 23.0 Å². The first-order chi connectivity index (χ1) is 26.5. The maximum absolute atomic E-state index is 5.51. The highest BCUT2D eigenvalue weighted by Crippen LogP contribution is 2.33. The van der Waals surface area contributed by atoms with Crippen LogP contribution in [0.5, 0.6) is 23.0 Å². The van der Waals surface area contributed by atoms with Crippen molar-refractivity contribution in [1.29, 1.82) is 0 Å².